The van der Waals surface area contributed by atoms with Crippen molar-refractivity contribution in [3.05, 3.63) is 53.6 Å². The molecule has 1 unspecified atom stereocenters. The number of aliphatic hydroxyl groups excluding tert-OH is 1. The van der Waals surface area contributed by atoms with Crippen molar-refractivity contribution in [2.45, 2.75) is 13.0 Å². The zero-order valence-electron chi connectivity index (χ0n) is 8.33. The van der Waals surface area contributed by atoms with Gasteiger partial charge in [0.05, 0.1) is 6.20 Å². The lowest BCUT2D eigenvalue weighted by Gasteiger charge is -2.12. The van der Waals surface area contributed by atoms with Gasteiger partial charge in [0, 0.05) is 29.7 Å². The predicted molar refractivity (Wildman–Crippen MR) is 55.1 cm³/mol. The molecule has 0 aliphatic rings. The highest BCUT2D eigenvalue weighted by atomic mass is 16.3. The highest BCUT2D eigenvalue weighted by Crippen LogP contribution is 2.22. The second-order valence-corrected chi connectivity index (χ2v) is 3.31. The number of aryl methyl sites for hydroxylation is 1. The van der Waals surface area contributed by atoms with Gasteiger partial charge in [-0.1, -0.05) is 0 Å². The standard InChI is InChI=1S/C11H11N3O/c1-8-2-4-12-7-10(8)11(15)9-3-5-13-14-6-9/h2-7,11,15H,1H3. The molecule has 76 valence electrons. The van der Waals surface area contributed by atoms with Crippen molar-refractivity contribution in [3.8, 4) is 0 Å². The van der Waals surface area contributed by atoms with Crippen LogP contribution in [-0.4, -0.2) is 20.3 Å². The number of rotatable bonds is 2. The summed E-state index contributed by atoms with van der Waals surface area (Å²) < 4.78 is 0. The van der Waals surface area contributed by atoms with E-state index >= 15 is 0 Å². The lowest BCUT2D eigenvalue weighted by atomic mass is 10.0. The van der Waals surface area contributed by atoms with Crippen LogP contribution in [0.1, 0.15) is 22.8 Å². The minimum absolute atomic E-state index is 0.686. The highest BCUT2D eigenvalue weighted by Gasteiger charge is 2.12. The summed E-state index contributed by atoms with van der Waals surface area (Å²) >= 11 is 0. The van der Waals surface area contributed by atoms with Crippen LogP contribution in [0.4, 0.5) is 0 Å². The first-order valence-electron chi connectivity index (χ1n) is 4.64. The van der Waals surface area contributed by atoms with E-state index in [9.17, 15) is 5.11 Å². The van der Waals surface area contributed by atoms with Crippen LogP contribution in [0.3, 0.4) is 0 Å². The van der Waals surface area contributed by atoms with Gasteiger partial charge in [-0.25, -0.2) is 0 Å². The number of hydrogen-bond donors (Lipinski definition) is 1. The van der Waals surface area contributed by atoms with Gasteiger partial charge in [-0.05, 0) is 24.6 Å². The largest absolute Gasteiger partial charge is 0.384 e. The summed E-state index contributed by atoms with van der Waals surface area (Å²) in [6.07, 6.45) is 5.80. The van der Waals surface area contributed by atoms with Gasteiger partial charge in [0.1, 0.15) is 6.10 Å². The van der Waals surface area contributed by atoms with E-state index in [0.29, 0.717) is 0 Å². The lowest BCUT2D eigenvalue weighted by Crippen LogP contribution is -2.03. The molecule has 0 aliphatic carbocycles. The van der Waals surface area contributed by atoms with E-state index < -0.39 is 6.10 Å². The first kappa shape index (κ1) is 9.73. The molecule has 0 bridgehead atoms. The highest BCUT2D eigenvalue weighted by molar-refractivity contribution is 5.30. The van der Waals surface area contributed by atoms with Crippen LogP contribution in [0.5, 0.6) is 0 Å². The van der Waals surface area contributed by atoms with Crippen molar-refractivity contribution >= 4 is 0 Å². The first-order chi connectivity index (χ1) is 7.29. The molecule has 15 heavy (non-hydrogen) atoms. The Hall–Kier alpha value is -1.81. The number of aromatic nitrogens is 3. The summed E-state index contributed by atoms with van der Waals surface area (Å²) in [5.74, 6) is 0. The molecule has 2 aromatic heterocycles. The first-order valence-corrected chi connectivity index (χ1v) is 4.64. The SMILES string of the molecule is Cc1ccncc1C(O)c1ccnnc1. The maximum Gasteiger partial charge on any atom is 0.107 e. The van der Waals surface area contributed by atoms with Gasteiger partial charge in [-0.2, -0.15) is 10.2 Å². The van der Waals surface area contributed by atoms with Gasteiger partial charge < -0.3 is 5.11 Å². The third-order valence-electron chi connectivity index (χ3n) is 2.30. The Labute approximate surface area is 87.6 Å². The van der Waals surface area contributed by atoms with E-state index in [0.717, 1.165) is 16.7 Å². The molecule has 1 atom stereocenters. The van der Waals surface area contributed by atoms with Gasteiger partial charge in [0.2, 0.25) is 0 Å². The van der Waals surface area contributed by atoms with Gasteiger partial charge in [0.15, 0.2) is 0 Å². The Bertz CT molecular complexity index is 445. The fourth-order valence-corrected chi connectivity index (χ4v) is 1.40. The molecule has 4 nitrogen and oxygen atoms in total. The minimum Gasteiger partial charge on any atom is -0.384 e. The van der Waals surface area contributed by atoms with Crippen molar-refractivity contribution in [1.29, 1.82) is 0 Å². The third-order valence-corrected chi connectivity index (χ3v) is 2.30. The van der Waals surface area contributed by atoms with Gasteiger partial charge in [0.25, 0.3) is 0 Å². The Morgan fingerprint density at radius 2 is 2.00 bits per heavy atom. The summed E-state index contributed by atoms with van der Waals surface area (Å²) in [5.41, 5.74) is 2.53. The van der Waals surface area contributed by atoms with Crippen LogP contribution in [0.25, 0.3) is 0 Å². The normalized spacial score (nSPS) is 12.4. The Morgan fingerprint density at radius 1 is 1.13 bits per heavy atom. The average molecular weight is 201 g/mol. The van der Waals surface area contributed by atoms with Crippen LogP contribution in [0.2, 0.25) is 0 Å². The number of hydrogen-bond acceptors (Lipinski definition) is 4. The van der Waals surface area contributed by atoms with Crippen LogP contribution < -0.4 is 0 Å². The number of aliphatic hydroxyl groups is 1. The molecular formula is C11H11N3O. The van der Waals surface area contributed by atoms with E-state index in [-0.39, 0.29) is 0 Å². The summed E-state index contributed by atoms with van der Waals surface area (Å²) in [4.78, 5) is 4.00. The molecule has 0 spiro atoms. The molecular weight excluding hydrogens is 190 g/mol. The average Bonchev–Trinajstić information content (AvgIpc) is 2.30. The molecule has 0 aromatic carbocycles. The predicted octanol–water partition coefficient (Wildman–Crippen LogP) is 1.26. The van der Waals surface area contributed by atoms with Gasteiger partial charge in [-0.15, -0.1) is 0 Å². The molecule has 0 fully saturated rings. The smallest absolute Gasteiger partial charge is 0.107 e. The third kappa shape index (κ3) is 1.99. The molecule has 1 N–H and O–H groups in total. The van der Waals surface area contributed by atoms with Crippen molar-refractivity contribution in [3.63, 3.8) is 0 Å². The van der Waals surface area contributed by atoms with Crippen molar-refractivity contribution in [1.82, 2.24) is 15.2 Å². The molecule has 0 aliphatic heterocycles. The fraction of sp³-hybridized carbons (Fsp3) is 0.182. The Kier molecular flexibility index (Phi) is 2.69. The minimum atomic E-state index is -0.686. The molecule has 0 amide bonds. The van der Waals surface area contributed by atoms with Gasteiger partial charge >= 0.3 is 0 Å². The number of nitrogens with zero attached hydrogens (tertiary/aromatic N) is 3. The van der Waals surface area contributed by atoms with Crippen LogP contribution >= 0.6 is 0 Å². The van der Waals surface area contributed by atoms with Crippen LogP contribution in [-0.2, 0) is 0 Å². The monoisotopic (exact) mass is 201 g/mol. The van der Waals surface area contributed by atoms with E-state index in [1.54, 1.807) is 30.9 Å². The lowest BCUT2D eigenvalue weighted by molar-refractivity contribution is 0.218. The molecule has 2 rings (SSSR count). The summed E-state index contributed by atoms with van der Waals surface area (Å²) in [6.45, 7) is 1.94. The van der Waals surface area contributed by atoms with Crippen molar-refractivity contribution < 1.29 is 5.11 Å². The maximum atomic E-state index is 10.1. The van der Waals surface area contributed by atoms with Crippen LogP contribution in [0.15, 0.2) is 36.9 Å². The quantitative estimate of drug-likeness (QED) is 0.794. The van der Waals surface area contributed by atoms with Crippen molar-refractivity contribution in [2.75, 3.05) is 0 Å². The molecule has 4 heteroatoms. The van der Waals surface area contributed by atoms with E-state index in [1.165, 1.54) is 0 Å². The second-order valence-electron chi connectivity index (χ2n) is 3.31. The maximum absolute atomic E-state index is 10.1. The molecule has 0 saturated heterocycles. The zero-order valence-corrected chi connectivity index (χ0v) is 8.33. The summed E-state index contributed by atoms with van der Waals surface area (Å²) in [7, 11) is 0. The summed E-state index contributed by atoms with van der Waals surface area (Å²) in [6, 6.07) is 3.61. The van der Waals surface area contributed by atoms with E-state index in [4.69, 9.17) is 0 Å². The van der Waals surface area contributed by atoms with E-state index in [2.05, 4.69) is 15.2 Å². The molecule has 2 heterocycles. The number of pyridine rings is 1. The van der Waals surface area contributed by atoms with Crippen molar-refractivity contribution in [2.24, 2.45) is 0 Å². The van der Waals surface area contributed by atoms with E-state index in [1.807, 2.05) is 13.0 Å². The Balaban J connectivity index is 2.37. The molecule has 0 radical (unpaired) electrons. The zero-order chi connectivity index (χ0) is 10.7. The van der Waals surface area contributed by atoms with Gasteiger partial charge in [-0.3, -0.25) is 4.98 Å². The van der Waals surface area contributed by atoms with Crippen LogP contribution in [0, 0.1) is 6.92 Å². The topological polar surface area (TPSA) is 58.9 Å². The fourth-order valence-electron chi connectivity index (χ4n) is 1.40. The molecule has 0 saturated carbocycles. The molecule has 2 aromatic rings. The Morgan fingerprint density at radius 3 is 2.67 bits per heavy atom. The second kappa shape index (κ2) is 4.14. The summed E-state index contributed by atoms with van der Waals surface area (Å²) in [5, 5.41) is 17.5.